The third-order valence-electron chi connectivity index (χ3n) is 3.35. The molecule has 0 spiro atoms. The van der Waals surface area contributed by atoms with E-state index in [2.05, 4.69) is 40.7 Å². The SMILES string of the molecule is Cc1ccc(NCCN2CCNC2=O)cc1N(C)C. The first-order chi connectivity index (χ1) is 9.08. The molecule has 1 aliphatic heterocycles. The average molecular weight is 262 g/mol. The number of hydrogen-bond donors (Lipinski definition) is 2. The number of anilines is 2. The molecule has 1 aromatic rings. The molecular weight excluding hydrogens is 240 g/mol. The molecule has 5 nitrogen and oxygen atoms in total. The first-order valence-corrected chi connectivity index (χ1v) is 6.62. The van der Waals surface area contributed by atoms with Crippen LogP contribution >= 0.6 is 0 Å². The summed E-state index contributed by atoms with van der Waals surface area (Å²) in [4.78, 5) is 15.3. The molecule has 5 heteroatoms. The van der Waals surface area contributed by atoms with E-state index in [-0.39, 0.29) is 6.03 Å². The second kappa shape index (κ2) is 5.82. The monoisotopic (exact) mass is 262 g/mol. The summed E-state index contributed by atoms with van der Waals surface area (Å²) in [6, 6.07) is 6.37. The Morgan fingerprint density at radius 3 is 2.84 bits per heavy atom. The molecule has 0 unspecified atom stereocenters. The van der Waals surface area contributed by atoms with Crippen molar-refractivity contribution in [1.29, 1.82) is 0 Å². The molecule has 104 valence electrons. The molecule has 19 heavy (non-hydrogen) atoms. The van der Waals surface area contributed by atoms with Crippen molar-refractivity contribution in [2.45, 2.75) is 6.92 Å². The summed E-state index contributed by atoms with van der Waals surface area (Å²) in [5.74, 6) is 0. The van der Waals surface area contributed by atoms with Crippen molar-refractivity contribution in [1.82, 2.24) is 10.2 Å². The van der Waals surface area contributed by atoms with E-state index < -0.39 is 0 Å². The first kappa shape index (κ1) is 13.5. The number of urea groups is 1. The lowest BCUT2D eigenvalue weighted by Gasteiger charge is -2.18. The second-order valence-corrected chi connectivity index (χ2v) is 5.04. The highest BCUT2D eigenvalue weighted by atomic mass is 16.2. The minimum absolute atomic E-state index is 0.0414. The van der Waals surface area contributed by atoms with E-state index in [1.807, 2.05) is 19.0 Å². The van der Waals surface area contributed by atoms with Gasteiger partial charge in [-0.15, -0.1) is 0 Å². The molecule has 0 radical (unpaired) electrons. The van der Waals surface area contributed by atoms with Crippen molar-refractivity contribution in [3.8, 4) is 0 Å². The van der Waals surface area contributed by atoms with Crippen molar-refractivity contribution >= 4 is 17.4 Å². The number of nitrogens with one attached hydrogen (secondary N) is 2. The number of benzene rings is 1. The maximum atomic E-state index is 11.4. The lowest BCUT2D eigenvalue weighted by Crippen LogP contribution is -2.32. The third-order valence-corrected chi connectivity index (χ3v) is 3.35. The zero-order chi connectivity index (χ0) is 13.8. The Morgan fingerprint density at radius 2 is 2.21 bits per heavy atom. The van der Waals surface area contributed by atoms with E-state index in [1.165, 1.54) is 11.3 Å². The predicted molar refractivity (Wildman–Crippen MR) is 79.0 cm³/mol. The fourth-order valence-corrected chi connectivity index (χ4v) is 2.26. The maximum absolute atomic E-state index is 11.4. The van der Waals surface area contributed by atoms with Gasteiger partial charge < -0.3 is 20.4 Å². The molecule has 0 aliphatic carbocycles. The molecule has 0 saturated carbocycles. The van der Waals surface area contributed by atoms with Crippen molar-refractivity contribution in [2.75, 3.05) is 50.5 Å². The Bertz CT molecular complexity index is 459. The van der Waals surface area contributed by atoms with Crippen LogP contribution in [0.25, 0.3) is 0 Å². The number of carbonyl (C=O) groups excluding carboxylic acids is 1. The topological polar surface area (TPSA) is 47.6 Å². The lowest BCUT2D eigenvalue weighted by atomic mass is 10.1. The smallest absolute Gasteiger partial charge is 0.317 e. The van der Waals surface area contributed by atoms with Crippen molar-refractivity contribution in [3.05, 3.63) is 23.8 Å². The molecule has 0 atom stereocenters. The Hall–Kier alpha value is -1.91. The fraction of sp³-hybridized carbons (Fsp3) is 0.500. The van der Waals surface area contributed by atoms with Gasteiger partial charge in [0, 0.05) is 51.6 Å². The van der Waals surface area contributed by atoms with Crippen molar-refractivity contribution < 1.29 is 4.79 Å². The molecule has 1 fully saturated rings. The largest absolute Gasteiger partial charge is 0.383 e. The Morgan fingerprint density at radius 1 is 1.42 bits per heavy atom. The summed E-state index contributed by atoms with van der Waals surface area (Å²) in [6.45, 7) is 5.17. The van der Waals surface area contributed by atoms with Crippen LogP contribution in [-0.2, 0) is 0 Å². The van der Waals surface area contributed by atoms with Crippen molar-refractivity contribution in [2.24, 2.45) is 0 Å². The van der Waals surface area contributed by atoms with Gasteiger partial charge in [0.25, 0.3) is 0 Å². The number of rotatable bonds is 5. The summed E-state index contributed by atoms with van der Waals surface area (Å²) < 4.78 is 0. The molecule has 1 heterocycles. The number of aryl methyl sites for hydroxylation is 1. The van der Waals surface area contributed by atoms with Crippen LogP contribution in [0.4, 0.5) is 16.2 Å². The van der Waals surface area contributed by atoms with Gasteiger partial charge in [-0.05, 0) is 24.6 Å². The van der Waals surface area contributed by atoms with Crippen LogP contribution in [-0.4, -0.2) is 51.2 Å². The normalized spacial score (nSPS) is 14.5. The van der Waals surface area contributed by atoms with Crippen LogP contribution in [0.1, 0.15) is 5.56 Å². The van der Waals surface area contributed by atoms with Gasteiger partial charge in [0.05, 0.1) is 0 Å². The third kappa shape index (κ3) is 3.30. The van der Waals surface area contributed by atoms with Crippen LogP contribution in [0.15, 0.2) is 18.2 Å². The molecule has 2 amide bonds. The predicted octanol–water partition coefficient (Wildman–Crippen LogP) is 1.50. The van der Waals surface area contributed by atoms with Gasteiger partial charge >= 0.3 is 6.03 Å². The zero-order valence-electron chi connectivity index (χ0n) is 11.9. The van der Waals surface area contributed by atoms with E-state index in [0.717, 1.165) is 31.9 Å². The molecule has 1 aromatic carbocycles. The van der Waals surface area contributed by atoms with Gasteiger partial charge in [-0.1, -0.05) is 6.07 Å². The number of hydrogen-bond acceptors (Lipinski definition) is 3. The van der Waals surface area contributed by atoms with Gasteiger partial charge in [-0.3, -0.25) is 0 Å². The average Bonchev–Trinajstić information content (AvgIpc) is 2.77. The van der Waals surface area contributed by atoms with Gasteiger partial charge in [-0.2, -0.15) is 0 Å². The summed E-state index contributed by atoms with van der Waals surface area (Å²) in [5.41, 5.74) is 3.56. The van der Waals surface area contributed by atoms with E-state index >= 15 is 0 Å². The first-order valence-electron chi connectivity index (χ1n) is 6.62. The highest BCUT2D eigenvalue weighted by Gasteiger charge is 2.18. The van der Waals surface area contributed by atoms with E-state index in [4.69, 9.17) is 0 Å². The molecule has 1 saturated heterocycles. The number of carbonyl (C=O) groups is 1. The summed E-state index contributed by atoms with van der Waals surface area (Å²) in [5, 5.41) is 6.17. The standard InChI is InChI=1S/C14H22N4O/c1-11-4-5-12(10-13(11)17(2)3)15-6-8-18-9-7-16-14(18)19/h4-5,10,15H,6-9H2,1-3H3,(H,16,19). The second-order valence-electron chi connectivity index (χ2n) is 5.04. The highest BCUT2D eigenvalue weighted by Crippen LogP contribution is 2.22. The summed E-state index contributed by atoms with van der Waals surface area (Å²) >= 11 is 0. The minimum atomic E-state index is 0.0414. The Kier molecular flexibility index (Phi) is 4.14. The van der Waals surface area contributed by atoms with Gasteiger partial charge in [0.2, 0.25) is 0 Å². The van der Waals surface area contributed by atoms with Gasteiger partial charge in [0.1, 0.15) is 0 Å². The van der Waals surface area contributed by atoms with E-state index in [0.29, 0.717) is 0 Å². The molecule has 2 N–H and O–H groups in total. The summed E-state index contributed by atoms with van der Waals surface area (Å²) in [7, 11) is 4.08. The minimum Gasteiger partial charge on any atom is -0.383 e. The quantitative estimate of drug-likeness (QED) is 0.845. The molecule has 0 aromatic heterocycles. The maximum Gasteiger partial charge on any atom is 0.317 e. The van der Waals surface area contributed by atoms with E-state index in [9.17, 15) is 4.79 Å². The summed E-state index contributed by atoms with van der Waals surface area (Å²) in [6.07, 6.45) is 0. The van der Waals surface area contributed by atoms with Gasteiger partial charge in [-0.25, -0.2) is 4.79 Å². The Balaban J connectivity index is 1.89. The molecule has 2 rings (SSSR count). The van der Waals surface area contributed by atoms with Crippen LogP contribution in [0.3, 0.4) is 0 Å². The van der Waals surface area contributed by atoms with Crippen LogP contribution in [0.2, 0.25) is 0 Å². The molecular formula is C14H22N4O. The highest BCUT2D eigenvalue weighted by molar-refractivity contribution is 5.76. The van der Waals surface area contributed by atoms with Crippen molar-refractivity contribution in [3.63, 3.8) is 0 Å². The zero-order valence-corrected chi connectivity index (χ0v) is 11.9. The lowest BCUT2D eigenvalue weighted by molar-refractivity contribution is 0.219. The van der Waals surface area contributed by atoms with Crippen LogP contribution in [0.5, 0.6) is 0 Å². The number of nitrogens with zero attached hydrogens (tertiary/aromatic N) is 2. The van der Waals surface area contributed by atoms with Gasteiger partial charge in [0.15, 0.2) is 0 Å². The number of amides is 2. The Labute approximate surface area is 114 Å². The molecule has 0 bridgehead atoms. The molecule has 1 aliphatic rings. The van der Waals surface area contributed by atoms with Crippen LogP contribution in [0, 0.1) is 6.92 Å². The van der Waals surface area contributed by atoms with E-state index in [1.54, 1.807) is 0 Å². The fourth-order valence-electron chi connectivity index (χ4n) is 2.26. The van der Waals surface area contributed by atoms with Crippen LogP contribution < -0.4 is 15.5 Å².